The molecule has 0 saturated carbocycles. The Kier molecular flexibility index (Phi) is 6.96. The van der Waals surface area contributed by atoms with E-state index in [-0.39, 0.29) is 11.8 Å². The number of amides is 2. The fraction of sp³-hybridized carbons (Fsp3) is 0.0800. The molecule has 31 heavy (non-hydrogen) atoms. The summed E-state index contributed by atoms with van der Waals surface area (Å²) in [5.74, 6) is -0.741. The molecular formula is C25H22N2O4. The minimum Gasteiger partial charge on any atom is -0.427 e. The van der Waals surface area contributed by atoms with Crippen LogP contribution in [0.5, 0.6) is 5.75 Å². The molecule has 0 aliphatic rings. The molecule has 0 radical (unpaired) electrons. The van der Waals surface area contributed by atoms with E-state index < -0.39 is 5.97 Å². The number of aryl methyl sites for hydroxylation is 1. The zero-order valence-corrected chi connectivity index (χ0v) is 17.2. The third-order valence-corrected chi connectivity index (χ3v) is 4.37. The maximum Gasteiger partial charge on any atom is 0.308 e. The van der Waals surface area contributed by atoms with Crippen LogP contribution >= 0.6 is 0 Å². The van der Waals surface area contributed by atoms with Gasteiger partial charge in [0.15, 0.2) is 0 Å². The zero-order chi connectivity index (χ0) is 22.2. The maximum atomic E-state index is 12.4. The van der Waals surface area contributed by atoms with Crippen molar-refractivity contribution in [3.05, 3.63) is 95.6 Å². The standard InChI is InChI=1S/C25H22N2O4/c1-17-6-3-4-7-19(17)10-15-24(29)26-21-11-13-22(14-12-21)27-25(30)20-8-5-9-23(16-20)31-18(2)28/h3-16H,1-2H3,(H,26,29)(H,27,30)/b15-10+. The van der Waals surface area contributed by atoms with E-state index in [9.17, 15) is 14.4 Å². The van der Waals surface area contributed by atoms with Crippen molar-refractivity contribution in [2.45, 2.75) is 13.8 Å². The number of hydrogen-bond donors (Lipinski definition) is 2. The molecule has 2 amide bonds. The van der Waals surface area contributed by atoms with E-state index in [2.05, 4.69) is 10.6 Å². The minimum absolute atomic E-state index is 0.248. The van der Waals surface area contributed by atoms with Gasteiger partial charge in [0.1, 0.15) is 5.75 Å². The van der Waals surface area contributed by atoms with Crippen molar-refractivity contribution in [3.8, 4) is 5.75 Å². The summed E-state index contributed by atoms with van der Waals surface area (Å²) < 4.78 is 5.00. The highest BCUT2D eigenvalue weighted by atomic mass is 16.5. The molecule has 0 spiro atoms. The highest BCUT2D eigenvalue weighted by molar-refractivity contribution is 6.05. The van der Waals surface area contributed by atoms with Crippen LogP contribution < -0.4 is 15.4 Å². The molecular weight excluding hydrogens is 392 g/mol. The monoisotopic (exact) mass is 414 g/mol. The van der Waals surface area contributed by atoms with Crippen molar-refractivity contribution in [1.29, 1.82) is 0 Å². The van der Waals surface area contributed by atoms with E-state index in [0.29, 0.717) is 22.7 Å². The summed E-state index contributed by atoms with van der Waals surface area (Å²) in [6.07, 6.45) is 3.25. The van der Waals surface area contributed by atoms with Crippen LogP contribution in [0.4, 0.5) is 11.4 Å². The van der Waals surface area contributed by atoms with Gasteiger partial charge in [0.25, 0.3) is 5.91 Å². The Morgan fingerprint density at radius 2 is 1.52 bits per heavy atom. The molecule has 6 nitrogen and oxygen atoms in total. The molecule has 0 aromatic heterocycles. The van der Waals surface area contributed by atoms with Crippen molar-refractivity contribution >= 4 is 35.2 Å². The fourth-order valence-electron chi connectivity index (χ4n) is 2.83. The number of rotatable bonds is 6. The maximum absolute atomic E-state index is 12.4. The second-order valence-corrected chi connectivity index (χ2v) is 6.83. The number of anilines is 2. The van der Waals surface area contributed by atoms with Crippen molar-refractivity contribution < 1.29 is 19.1 Å². The predicted octanol–water partition coefficient (Wildman–Crippen LogP) is 4.82. The molecule has 0 aliphatic heterocycles. The van der Waals surface area contributed by atoms with Gasteiger partial charge in [-0.15, -0.1) is 0 Å². The number of carbonyl (C=O) groups is 3. The van der Waals surface area contributed by atoms with Crippen LogP contribution in [0.25, 0.3) is 6.08 Å². The Labute approximate surface area is 180 Å². The molecule has 0 heterocycles. The molecule has 0 fully saturated rings. The second kappa shape index (κ2) is 10.0. The molecule has 0 aliphatic carbocycles. The lowest BCUT2D eigenvalue weighted by Crippen LogP contribution is -2.12. The van der Waals surface area contributed by atoms with Crippen molar-refractivity contribution in [2.24, 2.45) is 0 Å². The first-order valence-corrected chi connectivity index (χ1v) is 9.65. The van der Waals surface area contributed by atoms with E-state index >= 15 is 0 Å². The van der Waals surface area contributed by atoms with Crippen LogP contribution in [0.1, 0.15) is 28.4 Å². The third-order valence-electron chi connectivity index (χ3n) is 4.37. The van der Waals surface area contributed by atoms with Gasteiger partial charge in [-0.3, -0.25) is 14.4 Å². The number of nitrogens with one attached hydrogen (secondary N) is 2. The topological polar surface area (TPSA) is 84.5 Å². The Balaban J connectivity index is 1.59. The first kappa shape index (κ1) is 21.5. The van der Waals surface area contributed by atoms with Gasteiger partial charge in [0.2, 0.25) is 5.91 Å². The quantitative estimate of drug-likeness (QED) is 0.344. The highest BCUT2D eigenvalue weighted by Crippen LogP contribution is 2.18. The largest absolute Gasteiger partial charge is 0.427 e. The molecule has 156 valence electrons. The van der Waals surface area contributed by atoms with Crippen LogP contribution in [0.15, 0.2) is 78.9 Å². The lowest BCUT2D eigenvalue weighted by molar-refractivity contribution is -0.131. The first-order chi connectivity index (χ1) is 14.9. The van der Waals surface area contributed by atoms with E-state index in [1.54, 1.807) is 48.5 Å². The fourth-order valence-corrected chi connectivity index (χ4v) is 2.83. The average Bonchev–Trinajstić information content (AvgIpc) is 2.74. The number of carbonyl (C=O) groups excluding carboxylic acids is 3. The van der Waals surface area contributed by atoms with E-state index in [4.69, 9.17) is 4.74 Å². The smallest absolute Gasteiger partial charge is 0.308 e. The molecule has 3 aromatic carbocycles. The van der Waals surface area contributed by atoms with Gasteiger partial charge in [-0.2, -0.15) is 0 Å². The number of hydrogen-bond acceptors (Lipinski definition) is 4. The lowest BCUT2D eigenvalue weighted by atomic mass is 10.1. The molecule has 2 N–H and O–H groups in total. The summed E-state index contributed by atoms with van der Waals surface area (Å²) in [4.78, 5) is 35.6. The van der Waals surface area contributed by atoms with Crippen molar-refractivity contribution in [2.75, 3.05) is 10.6 Å². The number of esters is 1. The summed E-state index contributed by atoms with van der Waals surface area (Å²) in [5.41, 5.74) is 3.60. The Morgan fingerprint density at radius 3 is 2.19 bits per heavy atom. The van der Waals surface area contributed by atoms with Gasteiger partial charge in [-0.25, -0.2) is 0 Å². The molecule has 3 aromatic rings. The van der Waals surface area contributed by atoms with Gasteiger partial charge in [-0.05, 0) is 66.6 Å². The van der Waals surface area contributed by atoms with Crippen molar-refractivity contribution in [3.63, 3.8) is 0 Å². The normalized spacial score (nSPS) is 10.5. The van der Waals surface area contributed by atoms with Crippen LogP contribution in [0.3, 0.4) is 0 Å². The molecule has 3 rings (SSSR count). The van der Waals surface area contributed by atoms with Gasteiger partial charge in [0.05, 0.1) is 0 Å². The van der Waals surface area contributed by atoms with Gasteiger partial charge in [-0.1, -0.05) is 30.3 Å². The summed E-state index contributed by atoms with van der Waals surface area (Å²) in [5, 5.41) is 5.55. The van der Waals surface area contributed by atoms with E-state index in [1.807, 2.05) is 31.2 Å². The molecule has 0 bridgehead atoms. The van der Waals surface area contributed by atoms with Gasteiger partial charge >= 0.3 is 5.97 Å². The SMILES string of the molecule is CC(=O)Oc1cccc(C(=O)Nc2ccc(NC(=O)/C=C/c3ccccc3C)cc2)c1. The van der Waals surface area contributed by atoms with Crippen molar-refractivity contribution in [1.82, 2.24) is 0 Å². The number of benzene rings is 3. The summed E-state index contributed by atoms with van der Waals surface area (Å²) in [7, 11) is 0. The third kappa shape index (κ3) is 6.40. The molecule has 0 atom stereocenters. The average molecular weight is 414 g/mol. The summed E-state index contributed by atoms with van der Waals surface area (Å²) in [6.45, 7) is 3.28. The molecule has 0 saturated heterocycles. The minimum atomic E-state index is -0.455. The predicted molar refractivity (Wildman–Crippen MR) is 121 cm³/mol. The Hall–Kier alpha value is -4.19. The van der Waals surface area contributed by atoms with Crippen LogP contribution in [0.2, 0.25) is 0 Å². The van der Waals surface area contributed by atoms with Gasteiger partial charge < -0.3 is 15.4 Å². The Morgan fingerprint density at radius 1 is 0.839 bits per heavy atom. The van der Waals surface area contributed by atoms with Crippen LogP contribution in [-0.4, -0.2) is 17.8 Å². The zero-order valence-electron chi connectivity index (χ0n) is 17.2. The Bertz CT molecular complexity index is 1130. The van der Waals surface area contributed by atoms with E-state index in [0.717, 1.165) is 11.1 Å². The first-order valence-electron chi connectivity index (χ1n) is 9.65. The molecule has 6 heteroatoms. The second-order valence-electron chi connectivity index (χ2n) is 6.83. The summed E-state index contributed by atoms with van der Waals surface area (Å²) in [6, 6.07) is 20.9. The van der Waals surface area contributed by atoms with Crippen LogP contribution in [-0.2, 0) is 9.59 Å². The van der Waals surface area contributed by atoms with Gasteiger partial charge in [0, 0.05) is 29.9 Å². The highest BCUT2D eigenvalue weighted by Gasteiger charge is 2.09. The molecule has 0 unspecified atom stereocenters. The van der Waals surface area contributed by atoms with Crippen LogP contribution in [0, 0.1) is 6.92 Å². The summed E-state index contributed by atoms with van der Waals surface area (Å²) >= 11 is 0. The number of ether oxygens (including phenoxy) is 1. The lowest BCUT2D eigenvalue weighted by Gasteiger charge is -2.08. The van der Waals surface area contributed by atoms with E-state index in [1.165, 1.54) is 19.1 Å².